The first-order valence-corrected chi connectivity index (χ1v) is 30.6. The lowest BCUT2D eigenvalue weighted by Crippen LogP contribution is -2.30. The molecule has 0 aromatic heterocycles. The third kappa shape index (κ3) is 53.2. The summed E-state index contributed by atoms with van der Waals surface area (Å²) in [4.78, 5) is 48.5. The van der Waals surface area contributed by atoms with Crippen LogP contribution in [0.4, 0.5) is 0 Å². The van der Waals surface area contributed by atoms with Gasteiger partial charge >= 0.3 is 25.7 Å². The predicted molar refractivity (Wildman–Crippen MR) is 307 cm³/mol. The molecule has 2 N–H and O–H groups in total. The van der Waals surface area contributed by atoms with Crippen LogP contribution in [0.15, 0.2) is 97.2 Å². The van der Waals surface area contributed by atoms with Gasteiger partial charge in [0.1, 0.15) is 12.7 Å². The number of phosphoric ester groups is 1. The number of ether oxygens (including phenoxy) is 3. The molecular weight excluding hydrogens is 952 g/mol. The van der Waals surface area contributed by atoms with E-state index in [0.717, 1.165) is 116 Å². The summed E-state index contributed by atoms with van der Waals surface area (Å²) < 4.78 is 39.4. The molecule has 0 spiro atoms. The van der Waals surface area contributed by atoms with Crippen LogP contribution in [-0.2, 0) is 42.2 Å². The van der Waals surface area contributed by atoms with Crippen LogP contribution in [0.3, 0.4) is 0 Å². The number of rotatable bonds is 53. The third-order valence-corrected chi connectivity index (χ3v) is 12.9. The van der Waals surface area contributed by atoms with Crippen molar-refractivity contribution in [3.8, 4) is 0 Å². The largest absolute Gasteiger partial charge is 0.472 e. The quantitative estimate of drug-likeness (QED) is 0.0197. The molecule has 0 aliphatic heterocycles. The molecular formula is C62H105O11P. The van der Waals surface area contributed by atoms with Crippen molar-refractivity contribution in [3.63, 3.8) is 0 Å². The molecule has 0 fully saturated rings. The first-order valence-electron chi connectivity index (χ1n) is 29.1. The number of aliphatic hydroxyl groups is 1. The number of allylic oxidation sites excluding steroid dienone is 16. The van der Waals surface area contributed by atoms with Crippen molar-refractivity contribution < 1.29 is 52.2 Å². The summed E-state index contributed by atoms with van der Waals surface area (Å²) in [7, 11) is -4.78. The van der Waals surface area contributed by atoms with Gasteiger partial charge in [-0.1, -0.05) is 208 Å². The lowest BCUT2D eigenvalue weighted by molar-refractivity contribution is -0.161. The number of carbonyl (C=O) groups is 3. The molecule has 74 heavy (non-hydrogen) atoms. The predicted octanol–water partition coefficient (Wildman–Crippen LogP) is 17.3. The van der Waals surface area contributed by atoms with Gasteiger partial charge in [-0.05, 0) is 109 Å². The number of phosphoric acid groups is 1. The van der Waals surface area contributed by atoms with Gasteiger partial charge in [-0.2, -0.15) is 0 Å². The highest BCUT2D eigenvalue weighted by Crippen LogP contribution is 2.43. The summed E-state index contributed by atoms with van der Waals surface area (Å²) in [5.74, 6) is -1.58. The minimum Gasteiger partial charge on any atom is -0.462 e. The molecule has 0 aliphatic carbocycles. The lowest BCUT2D eigenvalue weighted by Gasteiger charge is -2.21. The van der Waals surface area contributed by atoms with Crippen molar-refractivity contribution in [1.29, 1.82) is 0 Å². The molecule has 0 radical (unpaired) electrons. The van der Waals surface area contributed by atoms with Gasteiger partial charge in [0, 0.05) is 19.3 Å². The fraction of sp³-hybridized carbons (Fsp3) is 0.694. The van der Waals surface area contributed by atoms with Crippen LogP contribution in [0.25, 0.3) is 0 Å². The Hall–Kier alpha value is -3.60. The van der Waals surface area contributed by atoms with Gasteiger partial charge in [0.15, 0.2) is 6.10 Å². The Bertz CT molecular complexity index is 1610. The zero-order valence-electron chi connectivity index (χ0n) is 46.8. The normalized spacial score (nSPS) is 14.1. The van der Waals surface area contributed by atoms with E-state index < -0.39 is 57.8 Å². The third-order valence-electron chi connectivity index (χ3n) is 12.0. The average Bonchev–Trinajstić information content (AvgIpc) is 3.39. The topological polar surface area (TPSA) is 155 Å². The van der Waals surface area contributed by atoms with Crippen molar-refractivity contribution in [2.24, 2.45) is 0 Å². The van der Waals surface area contributed by atoms with E-state index in [2.05, 4.69) is 106 Å². The minimum absolute atomic E-state index is 0.0510. The summed E-state index contributed by atoms with van der Waals surface area (Å²) in [5, 5.41) is 9.79. The van der Waals surface area contributed by atoms with Crippen LogP contribution in [0.5, 0.6) is 0 Å². The second kappa shape index (κ2) is 55.6. The second-order valence-electron chi connectivity index (χ2n) is 19.1. The van der Waals surface area contributed by atoms with Crippen molar-refractivity contribution in [1.82, 2.24) is 0 Å². The molecule has 12 heteroatoms. The molecule has 0 saturated heterocycles. The monoisotopic (exact) mass is 1060 g/mol. The number of carbonyl (C=O) groups excluding carboxylic acids is 3. The molecule has 0 aromatic carbocycles. The summed E-state index contributed by atoms with van der Waals surface area (Å²) in [6.07, 6.45) is 65.2. The second-order valence-corrected chi connectivity index (χ2v) is 20.5. The maximum atomic E-state index is 12.9. The zero-order chi connectivity index (χ0) is 54.1. The van der Waals surface area contributed by atoms with Gasteiger partial charge < -0.3 is 24.2 Å². The van der Waals surface area contributed by atoms with Gasteiger partial charge in [-0.3, -0.25) is 23.4 Å². The minimum atomic E-state index is -4.78. The number of unbranched alkanes of at least 4 members (excludes halogenated alkanes) is 20. The number of aliphatic hydroxyl groups excluding tert-OH is 1. The lowest BCUT2D eigenvalue weighted by atomic mass is 10.1. The highest BCUT2D eigenvalue weighted by Gasteiger charge is 2.28. The molecule has 0 rings (SSSR count). The molecule has 0 aliphatic rings. The van der Waals surface area contributed by atoms with Gasteiger partial charge in [-0.25, -0.2) is 4.57 Å². The Morgan fingerprint density at radius 2 is 0.730 bits per heavy atom. The molecule has 3 unspecified atom stereocenters. The van der Waals surface area contributed by atoms with E-state index in [1.165, 1.54) is 64.2 Å². The first-order chi connectivity index (χ1) is 36.2. The van der Waals surface area contributed by atoms with Crippen LogP contribution < -0.4 is 0 Å². The molecule has 0 aromatic rings. The van der Waals surface area contributed by atoms with Crippen molar-refractivity contribution in [2.45, 2.75) is 251 Å². The van der Waals surface area contributed by atoms with Gasteiger partial charge in [0.2, 0.25) is 0 Å². The van der Waals surface area contributed by atoms with Crippen molar-refractivity contribution in [3.05, 3.63) is 97.2 Å². The molecule has 0 bridgehead atoms. The molecule has 0 amide bonds. The number of hydrogen-bond acceptors (Lipinski definition) is 10. The Morgan fingerprint density at radius 3 is 1.20 bits per heavy atom. The average molecular weight is 1060 g/mol. The van der Waals surface area contributed by atoms with E-state index in [1.807, 2.05) is 12.2 Å². The van der Waals surface area contributed by atoms with Crippen LogP contribution in [0, 0.1) is 0 Å². The number of hydrogen-bond donors (Lipinski definition) is 2. The smallest absolute Gasteiger partial charge is 0.462 e. The molecule has 3 atom stereocenters. The van der Waals surface area contributed by atoms with E-state index >= 15 is 0 Å². The highest BCUT2D eigenvalue weighted by molar-refractivity contribution is 7.47. The summed E-state index contributed by atoms with van der Waals surface area (Å²) >= 11 is 0. The highest BCUT2D eigenvalue weighted by atomic mass is 31.2. The zero-order valence-corrected chi connectivity index (χ0v) is 47.7. The summed E-state index contributed by atoms with van der Waals surface area (Å²) in [5.41, 5.74) is 0. The summed E-state index contributed by atoms with van der Waals surface area (Å²) in [6.45, 7) is 4.39. The van der Waals surface area contributed by atoms with E-state index in [4.69, 9.17) is 23.3 Å². The van der Waals surface area contributed by atoms with Crippen LogP contribution in [0.2, 0.25) is 0 Å². The maximum Gasteiger partial charge on any atom is 0.472 e. The Morgan fingerprint density at radius 1 is 0.392 bits per heavy atom. The van der Waals surface area contributed by atoms with Crippen molar-refractivity contribution in [2.75, 3.05) is 26.4 Å². The fourth-order valence-electron chi connectivity index (χ4n) is 7.55. The Balaban J connectivity index is 4.83. The van der Waals surface area contributed by atoms with Crippen LogP contribution in [0.1, 0.15) is 239 Å². The van der Waals surface area contributed by atoms with E-state index in [9.17, 15) is 28.9 Å². The van der Waals surface area contributed by atoms with E-state index in [-0.39, 0.29) is 25.9 Å². The number of esters is 3. The van der Waals surface area contributed by atoms with E-state index in [0.29, 0.717) is 19.3 Å². The molecule has 0 heterocycles. The SMILES string of the molecule is CC/C=C\C/C=C\C/C=C\C/C=C\CCC(=O)OC(CO)COP(=O)(O)OCC(COC(=O)CCCCCCC/C=C\CCCCCCCC)OC(=O)CCCCCCCC/C=C\C/C=C\C/C=C\CCCCC. The molecule has 0 saturated carbocycles. The van der Waals surface area contributed by atoms with Gasteiger partial charge in [0.05, 0.1) is 19.8 Å². The van der Waals surface area contributed by atoms with Gasteiger partial charge in [-0.15, -0.1) is 0 Å². The van der Waals surface area contributed by atoms with Crippen LogP contribution >= 0.6 is 7.82 Å². The molecule has 424 valence electrons. The Labute approximate surface area is 451 Å². The molecule has 11 nitrogen and oxygen atoms in total. The van der Waals surface area contributed by atoms with Gasteiger partial charge in [0.25, 0.3) is 0 Å². The standard InChI is InChI=1S/C62H105O11P/c1-4-7-10-13-16-19-22-25-27-28-29-30-32-35-38-41-44-47-50-53-62(66)73-59(55-69-60(64)51-48-45-42-39-36-34-31-26-23-20-17-14-11-8-5-2)57-71-74(67,68)70-56-58(54-63)72-61(65)52-49-46-43-40-37-33-24-21-18-15-12-9-6-3/h9,12,16,18-19,21,25-27,29-31,33,37,43,46,58-59,63H,4-8,10-11,13-15,17,20,22-24,28,32,34-36,38-42,44-45,47-57H2,1-3H3,(H,67,68)/b12-9-,19-16-,21-18-,27-25-,30-29-,31-26-,37-33-,46-43-. The maximum absolute atomic E-state index is 12.9. The fourth-order valence-corrected chi connectivity index (χ4v) is 8.33. The van der Waals surface area contributed by atoms with Crippen LogP contribution in [-0.4, -0.2) is 66.5 Å². The summed E-state index contributed by atoms with van der Waals surface area (Å²) in [6, 6.07) is 0. The van der Waals surface area contributed by atoms with E-state index in [1.54, 1.807) is 0 Å². The van der Waals surface area contributed by atoms with Crippen molar-refractivity contribution >= 4 is 25.7 Å². The first kappa shape index (κ1) is 70.4. The Kier molecular flexibility index (Phi) is 52.9.